The number of halogens is 1. The minimum absolute atomic E-state index is 0.0965. The van der Waals surface area contributed by atoms with Gasteiger partial charge in [-0.2, -0.15) is 0 Å². The molecule has 0 saturated carbocycles. The number of allylic oxidation sites excluding steroid dienone is 1. The number of thiocarbonyl (C=S) groups is 1. The first-order valence-corrected chi connectivity index (χ1v) is 6.57. The molecule has 2 N–H and O–H groups in total. The van der Waals surface area contributed by atoms with E-state index in [0.29, 0.717) is 5.92 Å². The second-order valence-electron chi connectivity index (χ2n) is 4.51. The third-order valence-electron chi connectivity index (χ3n) is 3.45. The van der Waals surface area contributed by atoms with Crippen LogP contribution in [0.5, 0.6) is 0 Å². The summed E-state index contributed by atoms with van der Waals surface area (Å²) in [4.78, 5) is 0. The van der Waals surface area contributed by atoms with Crippen molar-refractivity contribution >= 4 is 29.2 Å². The van der Waals surface area contributed by atoms with Gasteiger partial charge in [-0.25, -0.2) is 0 Å². The Morgan fingerprint density at radius 1 is 1.35 bits per heavy atom. The standard InChI is InChI=1S/C13H13ClN2S/c14-11-3-1-2-8-4-9(5-10(8)11)12-6-15-13(7-17)16-12/h1-3,6-7,9,13,15-16H,4-5H2. The zero-order chi connectivity index (χ0) is 11.8. The van der Waals surface area contributed by atoms with Crippen LogP contribution in [0.15, 0.2) is 30.1 Å². The van der Waals surface area contributed by atoms with Gasteiger partial charge in [0, 0.05) is 28.2 Å². The molecule has 0 bridgehead atoms. The monoisotopic (exact) mass is 264 g/mol. The first-order chi connectivity index (χ1) is 8.28. The van der Waals surface area contributed by atoms with Crippen molar-refractivity contribution in [3.8, 4) is 0 Å². The maximum absolute atomic E-state index is 6.22. The van der Waals surface area contributed by atoms with Crippen LogP contribution in [-0.4, -0.2) is 11.5 Å². The van der Waals surface area contributed by atoms with Gasteiger partial charge in [0.05, 0.1) is 0 Å². The van der Waals surface area contributed by atoms with Gasteiger partial charge in [0.15, 0.2) is 0 Å². The molecule has 0 fully saturated rings. The normalized spacial score (nSPS) is 25.8. The second kappa shape index (κ2) is 4.31. The van der Waals surface area contributed by atoms with E-state index in [1.54, 1.807) is 5.37 Å². The zero-order valence-corrected chi connectivity index (χ0v) is 10.8. The van der Waals surface area contributed by atoms with Crippen molar-refractivity contribution in [1.82, 2.24) is 10.6 Å². The highest BCUT2D eigenvalue weighted by Crippen LogP contribution is 2.35. The summed E-state index contributed by atoms with van der Waals surface area (Å²) in [6.07, 6.45) is 4.21. The summed E-state index contributed by atoms with van der Waals surface area (Å²) in [7, 11) is 0. The Morgan fingerprint density at radius 3 is 2.94 bits per heavy atom. The van der Waals surface area contributed by atoms with Gasteiger partial charge in [-0.1, -0.05) is 36.0 Å². The van der Waals surface area contributed by atoms with E-state index < -0.39 is 0 Å². The number of nitrogens with one attached hydrogen (secondary N) is 2. The fourth-order valence-corrected chi connectivity index (χ4v) is 3.00. The van der Waals surface area contributed by atoms with Gasteiger partial charge in [0.1, 0.15) is 6.17 Å². The van der Waals surface area contributed by atoms with Gasteiger partial charge in [-0.3, -0.25) is 0 Å². The summed E-state index contributed by atoms with van der Waals surface area (Å²) in [5, 5.41) is 9.19. The molecule has 1 aromatic rings. The first kappa shape index (κ1) is 11.1. The minimum Gasteiger partial charge on any atom is -0.366 e. The van der Waals surface area contributed by atoms with Crippen LogP contribution in [0.4, 0.5) is 0 Å². The van der Waals surface area contributed by atoms with Crippen LogP contribution >= 0.6 is 23.8 Å². The lowest BCUT2D eigenvalue weighted by atomic mass is 10.0. The maximum Gasteiger partial charge on any atom is 0.126 e. The third kappa shape index (κ3) is 1.94. The topological polar surface area (TPSA) is 24.1 Å². The highest BCUT2D eigenvalue weighted by Gasteiger charge is 2.28. The van der Waals surface area contributed by atoms with E-state index in [1.165, 1.54) is 16.8 Å². The van der Waals surface area contributed by atoms with Crippen LogP contribution in [0, 0.1) is 5.92 Å². The van der Waals surface area contributed by atoms with Gasteiger partial charge >= 0.3 is 0 Å². The van der Waals surface area contributed by atoms with Crippen molar-refractivity contribution in [2.24, 2.45) is 5.92 Å². The molecule has 0 amide bonds. The molecule has 1 aliphatic heterocycles. The highest BCUT2D eigenvalue weighted by atomic mass is 35.5. The molecule has 2 nitrogen and oxygen atoms in total. The van der Waals surface area contributed by atoms with Crippen LogP contribution in [0.25, 0.3) is 0 Å². The molecule has 0 spiro atoms. The maximum atomic E-state index is 6.22. The average Bonchev–Trinajstić information content (AvgIpc) is 2.95. The van der Waals surface area contributed by atoms with Gasteiger partial charge in [0.2, 0.25) is 0 Å². The van der Waals surface area contributed by atoms with Crippen molar-refractivity contribution in [3.05, 3.63) is 46.2 Å². The molecule has 0 radical (unpaired) electrons. The lowest BCUT2D eigenvalue weighted by Gasteiger charge is -2.13. The Labute approximate surface area is 111 Å². The number of hydrogen-bond acceptors (Lipinski definition) is 3. The predicted octanol–water partition coefficient (Wildman–Crippen LogP) is 2.41. The minimum atomic E-state index is 0.0965. The van der Waals surface area contributed by atoms with Crippen LogP contribution < -0.4 is 10.6 Å². The summed E-state index contributed by atoms with van der Waals surface area (Å²) in [5.41, 5.74) is 3.91. The van der Waals surface area contributed by atoms with E-state index >= 15 is 0 Å². The molecule has 1 aliphatic carbocycles. The van der Waals surface area contributed by atoms with Gasteiger partial charge in [-0.05, 0) is 30.0 Å². The van der Waals surface area contributed by atoms with Crippen molar-refractivity contribution in [2.45, 2.75) is 19.0 Å². The Morgan fingerprint density at radius 2 is 2.24 bits per heavy atom. The molecule has 0 saturated heterocycles. The van der Waals surface area contributed by atoms with Crippen LogP contribution in [0.3, 0.4) is 0 Å². The van der Waals surface area contributed by atoms with Crippen LogP contribution in [0.1, 0.15) is 11.1 Å². The predicted molar refractivity (Wildman–Crippen MR) is 74.1 cm³/mol. The summed E-state index contributed by atoms with van der Waals surface area (Å²) in [6, 6.07) is 6.16. The fraction of sp³-hybridized carbons (Fsp3) is 0.308. The SMILES string of the molecule is S=CC1NC=C(C2Cc3cccc(Cl)c3C2)N1. The molecule has 2 aliphatic rings. The second-order valence-corrected chi connectivity index (χ2v) is 5.19. The summed E-state index contributed by atoms with van der Waals surface area (Å²) < 4.78 is 0. The molecule has 4 heteroatoms. The Balaban J connectivity index is 1.79. The molecule has 1 aromatic carbocycles. The van der Waals surface area contributed by atoms with Crippen molar-refractivity contribution in [1.29, 1.82) is 0 Å². The molecule has 2 unspecified atom stereocenters. The largest absolute Gasteiger partial charge is 0.366 e. The number of fused-ring (bicyclic) bond motifs is 1. The molecular formula is C13H13ClN2S. The Bertz CT molecular complexity index is 498. The van der Waals surface area contributed by atoms with Crippen molar-refractivity contribution in [3.63, 3.8) is 0 Å². The molecule has 17 heavy (non-hydrogen) atoms. The van der Waals surface area contributed by atoms with Crippen LogP contribution in [-0.2, 0) is 12.8 Å². The van der Waals surface area contributed by atoms with Crippen molar-refractivity contribution in [2.75, 3.05) is 0 Å². The van der Waals surface area contributed by atoms with E-state index in [9.17, 15) is 0 Å². The number of hydrogen-bond donors (Lipinski definition) is 2. The Kier molecular flexibility index (Phi) is 2.81. The Hall–Kier alpha value is -1.06. The smallest absolute Gasteiger partial charge is 0.126 e. The number of benzene rings is 1. The lowest BCUT2D eigenvalue weighted by molar-refractivity contribution is 0.592. The van der Waals surface area contributed by atoms with Gasteiger partial charge in [-0.15, -0.1) is 0 Å². The quantitative estimate of drug-likeness (QED) is 0.803. The molecule has 1 heterocycles. The summed E-state index contributed by atoms with van der Waals surface area (Å²) in [6.45, 7) is 0. The van der Waals surface area contributed by atoms with E-state index in [0.717, 1.165) is 17.9 Å². The summed E-state index contributed by atoms with van der Waals surface area (Å²) >= 11 is 11.1. The zero-order valence-electron chi connectivity index (χ0n) is 9.24. The van der Waals surface area contributed by atoms with E-state index in [1.807, 2.05) is 18.3 Å². The number of rotatable bonds is 2. The molecular weight excluding hydrogens is 252 g/mol. The third-order valence-corrected chi connectivity index (χ3v) is 4.08. The van der Waals surface area contributed by atoms with Crippen LogP contribution in [0.2, 0.25) is 5.02 Å². The first-order valence-electron chi connectivity index (χ1n) is 5.72. The van der Waals surface area contributed by atoms with Gasteiger partial charge in [0.25, 0.3) is 0 Å². The van der Waals surface area contributed by atoms with E-state index in [4.69, 9.17) is 23.8 Å². The lowest BCUT2D eigenvalue weighted by Crippen LogP contribution is -2.34. The van der Waals surface area contributed by atoms with E-state index in [2.05, 4.69) is 16.7 Å². The van der Waals surface area contributed by atoms with Crippen molar-refractivity contribution < 1.29 is 0 Å². The molecule has 88 valence electrons. The molecule has 3 rings (SSSR count). The fourth-order valence-electron chi connectivity index (χ4n) is 2.58. The molecule has 0 aromatic heterocycles. The summed E-state index contributed by atoms with van der Waals surface area (Å²) in [5.74, 6) is 0.498. The van der Waals surface area contributed by atoms with E-state index in [-0.39, 0.29) is 6.17 Å². The molecule has 2 atom stereocenters. The average molecular weight is 265 g/mol. The van der Waals surface area contributed by atoms with Gasteiger partial charge < -0.3 is 10.6 Å². The highest BCUT2D eigenvalue weighted by molar-refractivity contribution is 7.79.